The number of aryl methyl sites for hydroxylation is 1. The van der Waals surface area contributed by atoms with E-state index in [0.717, 1.165) is 37.1 Å². The lowest BCUT2D eigenvalue weighted by Gasteiger charge is -2.15. The highest BCUT2D eigenvalue weighted by Gasteiger charge is 2.18. The van der Waals surface area contributed by atoms with Crippen LogP contribution in [0.5, 0.6) is 5.88 Å². The first-order chi connectivity index (χ1) is 10.2. The summed E-state index contributed by atoms with van der Waals surface area (Å²) in [6, 6.07) is 3.67. The van der Waals surface area contributed by atoms with Gasteiger partial charge >= 0.3 is 0 Å². The molecule has 3 heterocycles. The number of imidazole rings is 1. The molecule has 0 unspecified atom stereocenters. The van der Waals surface area contributed by atoms with Gasteiger partial charge in [-0.05, 0) is 31.1 Å². The van der Waals surface area contributed by atoms with Crippen LogP contribution >= 0.6 is 12.2 Å². The fourth-order valence-electron chi connectivity index (χ4n) is 2.67. The Balaban J connectivity index is 1.81. The smallest absolute Gasteiger partial charge is 0.224 e. The van der Waals surface area contributed by atoms with Crippen LogP contribution in [-0.4, -0.2) is 45.5 Å². The molecule has 7 heteroatoms. The maximum atomic E-state index is 12.1. The summed E-state index contributed by atoms with van der Waals surface area (Å²) >= 11 is 5.32. The molecule has 2 aromatic heterocycles. The molecule has 0 spiro atoms. The molecule has 3 rings (SSSR count). The molecular formula is C14H18N4O2S. The van der Waals surface area contributed by atoms with Crippen molar-refractivity contribution in [2.45, 2.75) is 25.8 Å². The number of aromatic nitrogens is 3. The van der Waals surface area contributed by atoms with E-state index in [4.69, 9.17) is 17.0 Å². The SMILES string of the molecule is COc1ccc2[nH]c(=S)n(CCC(=O)N3CCCC3)c2n1. The minimum atomic E-state index is 0.187. The van der Waals surface area contributed by atoms with E-state index in [9.17, 15) is 4.79 Å². The molecule has 1 amide bonds. The Hall–Kier alpha value is -1.89. The number of likely N-dealkylation sites (tertiary alicyclic amines) is 1. The normalized spacial score (nSPS) is 14.8. The highest BCUT2D eigenvalue weighted by atomic mass is 32.1. The predicted octanol–water partition coefficient (Wildman–Crippen LogP) is 2.11. The van der Waals surface area contributed by atoms with Gasteiger partial charge in [-0.1, -0.05) is 0 Å². The number of hydrogen-bond donors (Lipinski definition) is 1. The first-order valence-corrected chi connectivity index (χ1v) is 7.51. The number of nitrogens with one attached hydrogen (secondary N) is 1. The molecule has 1 aliphatic heterocycles. The number of fused-ring (bicyclic) bond motifs is 1. The lowest BCUT2D eigenvalue weighted by molar-refractivity contribution is -0.130. The van der Waals surface area contributed by atoms with Gasteiger partial charge in [0.25, 0.3) is 0 Å². The molecule has 21 heavy (non-hydrogen) atoms. The third-order valence-electron chi connectivity index (χ3n) is 3.81. The van der Waals surface area contributed by atoms with Crippen molar-refractivity contribution < 1.29 is 9.53 Å². The van der Waals surface area contributed by atoms with Gasteiger partial charge in [0.15, 0.2) is 10.4 Å². The molecule has 0 atom stereocenters. The van der Waals surface area contributed by atoms with Crippen molar-refractivity contribution in [3.63, 3.8) is 0 Å². The largest absolute Gasteiger partial charge is 0.481 e. The van der Waals surface area contributed by atoms with Crippen molar-refractivity contribution in [3.8, 4) is 5.88 Å². The lowest BCUT2D eigenvalue weighted by atomic mass is 10.3. The van der Waals surface area contributed by atoms with Crippen LogP contribution in [0.15, 0.2) is 12.1 Å². The van der Waals surface area contributed by atoms with E-state index in [1.54, 1.807) is 13.2 Å². The summed E-state index contributed by atoms with van der Waals surface area (Å²) in [6.45, 7) is 2.29. The molecule has 0 aliphatic carbocycles. The Morgan fingerprint density at radius 2 is 2.19 bits per heavy atom. The van der Waals surface area contributed by atoms with Gasteiger partial charge in [-0.3, -0.25) is 4.79 Å². The number of H-pyrrole nitrogens is 1. The second-order valence-electron chi connectivity index (χ2n) is 5.14. The highest BCUT2D eigenvalue weighted by molar-refractivity contribution is 7.71. The molecule has 0 radical (unpaired) electrons. The summed E-state index contributed by atoms with van der Waals surface area (Å²) in [4.78, 5) is 21.6. The van der Waals surface area contributed by atoms with Gasteiger partial charge in [0.1, 0.15) is 0 Å². The molecule has 0 aromatic carbocycles. The second-order valence-corrected chi connectivity index (χ2v) is 5.53. The summed E-state index contributed by atoms with van der Waals surface area (Å²) in [5.41, 5.74) is 1.59. The van der Waals surface area contributed by atoms with Crippen LogP contribution in [0.2, 0.25) is 0 Å². The van der Waals surface area contributed by atoms with Crippen molar-refractivity contribution in [2.75, 3.05) is 20.2 Å². The molecule has 2 aromatic rings. The zero-order valence-corrected chi connectivity index (χ0v) is 12.8. The van der Waals surface area contributed by atoms with Crippen LogP contribution in [0.4, 0.5) is 0 Å². The fraction of sp³-hybridized carbons (Fsp3) is 0.500. The zero-order chi connectivity index (χ0) is 14.8. The van der Waals surface area contributed by atoms with Gasteiger partial charge < -0.3 is 19.2 Å². The van der Waals surface area contributed by atoms with Crippen molar-refractivity contribution in [2.24, 2.45) is 0 Å². The number of ether oxygens (including phenoxy) is 1. The first kappa shape index (κ1) is 14.1. The van der Waals surface area contributed by atoms with Gasteiger partial charge in [0.05, 0.1) is 12.6 Å². The van der Waals surface area contributed by atoms with Crippen LogP contribution < -0.4 is 4.74 Å². The number of nitrogens with zero attached hydrogens (tertiary/aromatic N) is 3. The van der Waals surface area contributed by atoms with E-state index in [-0.39, 0.29) is 5.91 Å². The number of amides is 1. The molecule has 0 bridgehead atoms. The molecule has 1 saturated heterocycles. The Morgan fingerprint density at radius 1 is 1.43 bits per heavy atom. The summed E-state index contributed by atoms with van der Waals surface area (Å²) in [5, 5.41) is 0. The van der Waals surface area contributed by atoms with Gasteiger partial charge in [0.2, 0.25) is 11.8 Å². The Morgan fingerprint density at radius 3 is 2.90 bits per heavy atom. The minimum absolute atomic E-state index is 0.187. The Kier molecular flexibility index (Phi) is 3.92. The summed E-state index contributed by atoms with van der Waals surface area (Å²) < 4.78 is 7.59. The van der Waals surface area contributed by atoms with E-state index in [1.807, 2.05) is 15.5 Å². The van der Waals surface area contributed by atoms with Crippen molar-refractivity contribution in [1.29, 1.82) is 0 Å². The van der Waals surface area contributed by atoms with E-state index >= 15 is 0 Å². The van der Waals surface area contributed by atoms with Crippen LogP contribution in [0.25, 0.3) is 11.2 Å². The third-order valence-corrected chi connectivity index (χ3v) is 4.13. The average Bonchev–Trinajstić information content (AvgIpc) is 3.11. The first-order valence-electron chi connectivity index (χ1n) is 7.10. The molecule has 1 aliphatic rings. The molecular weight excluding hydrogens is 288 g/mol. The molecule has 1 fully saturated rings. The Labute approximate surface area is 127 Å². The summed E-state index contributed by atoms with van der Waals surface area (Å²) in [5.74, 6) is 0.725. The maximum absolute atomic E-state index is 12.1. The van der Waals surface area contributed by atoms with Crippen LogP contribution in [0, 0.1) is 4.77 Å². The lowest BCUT2D eigenvalue weighted by Crippen LogP contribution is -2.28. The number of carbonyl (C=O) groups excluding carboxylic acids is 1. The number of carbonyl (C=O) groups is 1. The molecule has 0 saturated carbocycles. The van der Waals surface area contributed by atoms with Gasteiger partial charge in [-0.25, -0.2) is 0 Å². The van der Waals surface area contributed by atoms with Crippen molar-refractivity contribution >= 4 is 29.3 Å². The molecule has 6 nitrogen and oxygen atoms in total. The van der Waals surface area contributed by atoms with E-state index in [0.29, 0.717) is 23.6 Å². The maximum Gasteiger partial charge on any atom is 0.224 e. The van der Waals surface area contributed by atoms with Crippen LogP contribution in [-0.2, 0) is 11.3 Å². The van der Waals surface area contributed by atoms with E-state index < -0.39 is 0 Å². The number of aromatic amines is 1. The van der Waals surface area contributed by atoms with Crippen LogP contribution in [0.1, 0.15) is 19.3 Å². The predicted molar refractivity (Wildman–Crippen MR) is 81.9 cm³/mol. The number of methoxy groups -OCH3 is 1. The summed E-state index contributed by atoms with van der Waals surface area (Å²) in [7, 11) is 1.58. The Bertz CT molecular complexity index is 715. The topological polar surface area (TPSA) is 63.1 Å². The van der Waals surface area contributed by atoms with Crippen molar-refractivity contribution in [1.82, 2.24) is 19.4 Å². The van der Waals surface area contributed by atoms with E-state index in [1.165, 1.54) is 0 Å². The van der Waals surface area contributed by atoms with Crippen LogP contribution in [0.3, 0.4) is 0 Å². The second kappa shape index (κ2) is 5.85. The minimum Gasteiger partial charge on any atom is -0.481 e. The standard InChI is InChI=1S/C14H18N4O2S/c1-20-11-5-4-10-13(16-11)18(14(21)15-10)9-6-12(19)17-7-2-3-8-17/h4-5H,2-3,6-9H2,1H3,(H,15,21). The molecule has 1 N–H and O–H groups in total. The third kappa shape index (κ3) is 2.78. The highest BCUT2D eigenvalue weighted by Crippen LogP contribution is 2.17. The number of rotatable bonds is 4. The van der Waals surface area contributed by atoms with Crippen molar-refractivity contribution in [3.05, 3.63) is 16.9 Å². The number of hydrogen-bond acceptors (Lipinski definition) is 4. The monoisotopic (exact) mass is 306 g/mol. The quantitative estimate of drug-likeness (QED) is 0.879. The van der Waals surface area contributed by atoms with Gasteiger partial charge in [0, 0.05) is 32.1 Å². The number of pyridine rings is 1. The zero-order valence-electron chi connectivity index (χ0n) is 12.0. The van der Waals surface area contributed by atoms with Gasteiger partial charge in [-0.15, -0.1) is 0 Å². The summed E-state index contributed by atoms with van der Waals surface area (Å²) in [6.07, 6.45) is 2.66. The van der Waals surface area contributed by atoms with Gasteiger partial charge in [-0.2, -0.15) is 4.98 Å². The van der Waals surface area contributed by atoms with E-state index in [2.05, 4.69) is 9.97 Å². The average molecular weight is 306 g/mol. The molecule has 112 valence electrons. The fourth-order valence-corrected chi connectivity index (χ4v) is 2.95.